The van der Waals surface area contributed by atoms with Gasteiger partial charge in [-0.15, -0.1) is 0 Å². The molecule has 1 amide bonds. The molecule has 0 bridgehead atoms. The lowest BCUT2D eigenvalue weighted by Crippen LogP contribution is -2.49. The smallest absolute Gasteiger partial charge is 0.244 e. The van der Waals surface area contributed by atoms with Gasteiger partial charge in [0.1, 0.15) is 6.54 Å². The van der Waals surface area contributed by atoms with Crippen molar-refractivity contribution in [3.05, 3.63) is 18.0 Å². The highest BCUT2D eigenvalue weighted by molar-refractivity contribution is 5.76. The van der Waals surface area contributed by atoms with Crippen molar-refractivity contribution in [1.29, 1.82) is 0 Å². The van der Waals surface area contributed by atoms with E-state index in [1.54, 1.807) is 10.9 Å². The van der Waals surface area contributed by atoms with Crippen LogP contribution in [0.1, 0.15) is 19.5 Å². The zero-order chi connectivity index (χ0) is 12.4. The van der Waals surface area contributed by atoms with Gasteiger partial charge in [-0.3, -0.25) is 9.48 Å². The molecule has 0 spiro atoms. The summed E-state index contributed by atoms with van der Waals surface area (Å²) in [4.78, 5) is 14.0. The number of nitrogens with zero attached hydrogens (tertiary/aromatic N) is 3. The van der Waals surface area contributed by atoms with Crippen LogP contribution < -0.4 is 0 Å². The SMILES string of the molecule is Cc1ccnn1CC(=O)N1C[C@@H](C)O[C@H](C)C1. The molecule has 2 heterocycles. The molecule has 1 aliphatic rings. The first-order chi connectivity index (χ1) is 8.06. The first-order valence-corrected chi connectivity index (χ1v) is 5.98. The summed E-state index contributed by atoms with van der Waals surface area (Å²) in [7, 11) is 0. The lowest BCUT2D eigenvalue weighted by Gasteiger charge is -2.35. The summed E-state index contributed by atoms with van der Waals surface area (Å²) >= 11 is 0. The molecule has 0 radical (unpaired) electrons. The number of amides is 1. The Hall–Kier alpha value is -1.36. The molecule has 1 aromatic heterocycles. The third kappa shape index (κ3) is 2.85. The van der Waals surface area contributed by atoms with Crippen molar-refractivity contribution in [3.63, 3.8) is 0 Å². The van der Waals surface area contributed by atoms with Crippen molar-refractivity contribution in [2.45, 2.75) is 39.5 Å². The highest BCUT2D eigenvalue weighted by atomic mass is 16.5. The van der Waals surface area contributed by atoms with Crippen LogP contribution in [-0.4, -0.2) is 45.9 Å². The minimum absolute atomic E-state index is 0.110. The molecule has 0 aliphatic carbocycles. The second-order valence-corrected chi connectivity index (χ2v) is 4.69. The van der Waals surface area contributed by atoms with Crippen LogP contribution in [0.25, 0.3) is 0 Å². The number of hydrogen-bond donors (Lipinski definition) is 0. The van der Waals surface area contributed by atoms with Gasteiger partial charge < -0.3 is 9.64 Å². The summed E-state index contributed by atoms with van der Waals surface area (Å²) in [5, 5.41) is 4.13. The molecule has 5 heteroatoms. The normalized spacial score (nSPS) is 25.0. The van der Waals surface area contributed by atoms with Gasteiger partial charge in [-0.1, -0.05) is 0 Å². The number of carbonyl (C=O) groups is 1. The summed E-state index contributed by atoms with van der Waals surface area (Å²) in [6, 6.07) is 1.90. The maximum Gasteiger partial charge on any atom is 0.244 e. The average molecular weight is 237 g/mol. The molecular weight excluding hydrogens is 218 g/mol. The third-order valence-corrected chi connectivity index (χ3v) is 2.99. The van der Waals surface area contributed by atoms with Crippen LogP contribution in [0.4, 0.5) is 0 Å². The Morgan fingerprint density at radius 1 is 1.47 bits per heavy atom. The fraction of sp³-hybridized carbons (Fsp3) is 0.667. The van der Waals surface area contributed by atoms with E-state index in [4.69, 9.17) is 4.74 Å². The van der Waals surface area contributed by atoms with Crippen molar-refractivity contribution < 1.29 is 9.53 Å². The predicted octanol–water partition coefficient (Wildman–Crippen LogP) is 0.827. The minimum atomic E-state index is 0.110. The summed E-state index contributed by atoms with van der Waals surface area (Å²) in [6.45, 7) is 7.60. The molecular formula is C12H19N3O2. The zero-order valence-corrected chi connectivity index (χ0v) is 10.6. The Bertz CT molecular complexity index is 392. The van der Waals surface area contributed by atoms with E-state index in [0.717, 1.165) is 5.69 Å². The van der Waals surface area contributed by atoms with E-state index >= 15 is 0 Å². The lowest BCUT2D eigenvalue weighted by atomic mass is 10.2. The molecule has 0 N–H and O–H groups in total. The van der Waals surface area contributed by atoms with Crippen LogP contribution in [0.2, 0.25) is 0 Å². The van der Waals surface area contributed by atoms with Crippen molar-refractivity contribution in [2.24, 2.45) is 0 Å². The van der Waals surface area contributed by atoms with Crippen LogP contribution in [0.15, 0.2) is 12.3 Å². The molecule has 1 aromatic rings. The van der Waals surface area contributed by atoms with E-state index in [1.165, 1.54) is 0 Å². The molecule has 0 unspecified atom stereocenters. The van der Waals surface area contributed by atoms with Gasteiger partial charge in [-0.05, 0) is 26.8 Å². The highest BCUT2D eigenvalue weighted by Crippen LogP contribution is 2.11. The number of rotatable bonds is 2. The Kier molecular flexibility index (Phi) is 3.47. The minimum Gasteiger partial charge on any atom is -0.372 e. The summed E-state index contributed by atoms with van der Waals surface area (Å²) in [5.41, 5.74) is 1.01. The first kappa shape index (κ1) is 12.1. The first-order valence-electron chi connectivity index (χ1n) is 5.98. The van der Waals surface area contributed by atoms with Gasteiger partial charge in [0, 0.05) is 25.0 Å². The monoisotopic (exact) mass is 237 g/mol. The summed E-state index contributed by atoms with van der Waals surface area (Å²) in [6.07, 6.45) is 1.94. The number of ether oxygens (including phenoxy) is 1. The van der Waals surface area contributed by atoms with E-state index in [9.17, 15) is 4.79 Å². The van der Waals surface area contributed by atoms with Gasteiger partial charge >= 0.3 is 0 Å². The summed E-state index contributed by atoms with van der Waals surface area (Å²) < 4.78 is 7.34. The molecule has 1 fully saturated rings. The molecule has 1 saturated heterocycles. The molecule has 17 heavy (non-hydrogen) atoms. The van der Waals surface area contributed by atoms with Gasteiger partial charge in [0.05, 0.1) is 12.2 Å². The topological polar surface area (TPSA) is 47.4 Å². The highest BCUT2D eigenvalue weighted by Gasteiger charge is 2.25. The van der Waals surface area contributed by atoms with Gasteiger partial charge in [-0.2, -0.15) is 5.10 Å². The lowest BCUT2D eigenvalue weighted by molar-refractivity contribution is -0.144. The third-order valence-electron chi connectivity index (χ3n) is 2.99. The van der Waals surface area contributed by atoms with Gasteiger partial charge in [0.2, 0.25) is 5.91 Å². The van der Waals surface area contributed by atoms with Gasteiger partial charge in [-0.25, -0.2) is 0 Å². The second kappa shape index (κ2) is 4.87. The molecule has 94 valence electrons. The fourth-order valence-corrected chi connectivity index (χ4v) is 2.17. The van der Waals surface area contributed by atoms with Crippen LogP contribution in [0.5, 0.6) is 0 Å². The van der Waals surface area contributed by atoms with Crippen molar-refractivity contribution in [1.82, 2.24) is 14.7 Å². The largest absolute Gasteiger partial charge is 0.372 e. The number of morpholine rings is 1. The van der Waals surface area contributed by atoms with Crippen LogP contribution in [-0.2, 0) is 16.1 Å². The van der Waals surface area contributed by atoms with E-state index in [0.29, 0.717) is 19.6 Å². The zero-order valence-electron chi connectivity index (χ0n) is 10.6. The maximum absolute atomic E-state index is 12.1. The number of aromatic nitrogens is 2. The molecule has 0 saturated carbocycles. The van der Waals surface area contributed by atoms with E-state index < -0.39 is 0 Å². The van der Waals surface area contributed by atoms with Gasteiger partial charge in [0.15, 0.2) is 0 Å². The van der Waals surface area contributed by atoms with Crippen molar-refractivity contribution in [3.8, 4) is 0 Å². The predicted molar refractivity (Wildman–Crippen MR) is 63.6 cm³/mol. The molecule has 1 aliphatic heterocycles. The Balaban J connectivity index is 1.98. The van der Waals surface area contributed by atoms with E-state index in [-0.39, 0.29) is 18.1 Å². The van der Waals surface area contributed by atoms with Crippen molar-refractivity contribution >= 4 is 5.91 Å². The average Bonchev–Trinajstić information content (AvgIpc) is 2.63. The number of carbonyl (C=O) groups excluding carboxylic acids is 1. The molecule has 2 atom stereocenters. The molecule has 2 rings (SSSR count). The van der Waals surface area contributed by atoms with Crippen molar-refractivity contribution in [2.75, 3.05) is 13.1 Å². The number of hydrogen-bond acceptors (Lipinski definition) is 3. The standard InChI is InChI=1S/C12H19N3O2/c1-9-4-5-13-15(9)8-12(16)14-6-10(2)17-11(3)7-14/h4-5,10-11H,6-8H2,1-3H3/t10-,11-/m1/s1. The van der Waals surface area contributed by atoms with E-state index in [1.807, 2.05) is 31.7 Å². The van der Waals surface area contributed by atoms with Crippen LogP contribution in [0, 0.1) is 6.92 Å². The number of aryl methyl sites for hydroxylation is 1. The van der Waals surface area contributed by atoms with Crippen LogP contribution >= 0.6 is 0 Å². The van der Waals surface area contributed by atoms with Gasteiger partial charge in [0.25, 0.3) is 0 Å². The summed E-state index contributed by atoms with van der Waals surface area (Å²) in [5.74, 6) is 0.110. The fourth-order valence-electron chi connectivity index (χ4n) is 2.17. The second-order valence-electron chi connectivity index (χ2n) is 4.69. The van der Waals surface area contributed by atoms with E-state index in [2.05, 4.69) is 5.10 Å². The molecule has 0 aromatic carbocycles. The Labute approximate surface area is 101 Å². The Morgan fingerprint density at radius 3 is 2.65 bits per heavy atom. The molecule has 5 nitrogen and oxygen atoms in total. The Morgan fingerprint density at radius 2 is 2.12 bits per heavy atom. The maximum atomic E-state index is 12.1. The van der Waals surface area contributed by atoms with Crippen LogP contribution in [0.3, 0.4) is 0 Å². The quantitative estimate of drug-likeness (QED) is 0.765.